The van der Waals surface area contributed by atoms with Crippen LogP contribution < -0.4 is 0 Å². The predicted molar refractivity (Wildman–Crippen MR) is 132 cm³/mol. The number of fused-ring (bicyclic) bond motifs is 2. The SMILES string of the molecule is CC(C)(O)C1CCC(C)(C2C(O)CC3(C)C4CCC5C(C)(C)C(=O)CCC56CC46CCC23C)O1. The molecule has 10 atom stereocenters. The molecule has 0 bridgehead atoms. The third kappa shape index (κ3) is 2.55. The second kappa shape index (κ2) is 6.51. The van der Waals surface area contributed by atoms with Crippen LogP contribution >= 0.6 is 0 Å². The second-order valence-electron chi connectivity index (χ2n) is 15.5. The van der Waals surface area contributed by atoms with Crippen molar-refractivity contribution in [3.05, 3.63) is 0 Å². The highest BCUT2D eigenvalue weighted by molar-refractivity contribution is 5.86. The molecule has 6 fully saturated rings. The lowest BCUT2D eigenvalue weighted by atomic mass is 9.41. The van der Waals surface area contributed by atoms with Gasteiger partial charge in [0.05, 0.1) is 23.4 Å². The highest BCUT2D eigenvalue weighted by Gasteiger charge is 2.83. The van der Waals surface area contributed by atoms with Gasteiger partial charge < -0.3 is 14.9 Å². The minimum absolute atomic E-state index is 0.0300. The van der Waals surface area contributed by atoms with Crippen molar-refractivity contribution in [2.75, 3.05) is 0 Å². The molecule has 5 aliphatic carbocycles. The summed E-state index contributed by atoms with van der Waals surface area (Å²) in [5.41, 5.74) is -0.560. The number of carbonyl (C=O) groups is 1. The van der Waals surface area contributed by atoms with Crippen LogP contribution in [0.3, 0.4) is 0 Å². The lowest BCUT2D eigenvalue weighted by Crippen LogP contribution is -2.59. The van der Waals surface area contributed by atoms with Gasteiger partial charge in [-0.3, -0.25) is 4.79 Å². The molecule has 1 aliphatic heterocycles. The van der Waals surface area contributed by atoms with Gasteiger partial charge in [0, 0.05) is 17.8 Å². The summed E-state index contributed by atoms with van der Waals surface area (Å²) in [5.74, 6) is 1.76. The van der Waals surface area contributed by atoms with E-state index in [9.17, 15) is 15.0 Å². The van der Waals surface area contributed by atoms with Crippen molar-refractivity contribution in [3.8, 4) is 0 Å². The van der Waals surface area contributed by atoms with E-state index < -0.39 is 11.2 Å². The van der Waals surface area contributed by atoms with Gasteiger partial charge in [-0.25, -0.2) is 0 Å². The Balaban J connectivity index is 1.35. The van der Waals surface area contributed by atoms with Crippen LogP contribution in [0.25, 0.3) is 0 Å². The first-order chi connectivity index (χ1) is 15.6. The number of aliphatic hydroxyl groups is 2. The van der Waals surface area contributed by atoms with Gasteiger partial charge in [0.15, 0.2) is 0 Å². The van der Waals surface area contributed by atoms with Crippen LogP contribution in [-0.4, -0.2) is 39.4 Å². The maximum atomic E-state index is 12.9. The van der Waals surface area contributed by atoms with Gasteiger partial charge in [-0.05, 0) is 112 Å². The molecule has 5 saturated carbocycles. The van der Waals surface area contributed by atoms with E-state index in [0.29, 0.717) is 28.4 Å². The van der Waals surface area contributed by atoms with Crippen LogP contribution in [0.15, 0.2) is 0 Å². The Morgan fingerprint density at radius 3 is 2.18 bits per heavy atom. The Morgan fingerprint density at radius 1 is 0.882 bits per heavy atom. The summed E-state index contributed by atoms with van der Waals surface area (Å²) in [6.07, 6.45) is 10.1. The quantitative estimate of drug-likeness (QED) is 0.543. The minimum Gasteiger partial charge on any atom is -0.393 e. The smallest absolute Gasteiger partial charge is 0.138 e. The third-order valence-corrected chi connectivity index (χ3v) is 13.6. The van der Waals surface area contributed by atoms with Gasteiger partial charge in [-0.1, -0.05) is 27.7 Å². The van der Waals surface area contributed by atoms with E-state index in [0.717, 1.165) is 38.5 Å². The van der Waals surface area contributed by atoms with Crippen molar-refractivity contribution in [2.24, 2.45) is 44.8 Å². The van der Waals surface area contributed by atoms with Crippen molar-refractivity contribution in [1.29, 1.82) is 0 Å². The van der Waals surface area contributed by atoms with Gasteiger partial charge >= 0.3 is 0 Å². The summed E-state index contributed by atoms with van der Waals surface area (Å²) >= 11 is 0. The van der Waals surface area contributed by atoms with Gasteiger partial charge in [-0.2, -0.15) is 0 Å². The number of Topliss-reactive ketones (excluding diaryl/α,β-unsaturated/α-hetero) is 1. The molecule has 0 radical (unpaired) electrons. The molecule has 4 nitrogen and oxygen atoms in total. The van der Waals surface area contributed by atoms with E-state index in [2.05, 4.69) is 34.6 Å². The number of ketones is 1. The molecule has 6 aliphatic rings. The Labute approximate surface area is 206 Å². The Kier molecular flexibility index (Phi) is 4.58. The number of rotatable bonds is 2. The first-order valence-corrected chi connectivity index (χ1v) is 14.2. The second-order valence-corrected chi connectivity index (χ2v) is 15.5. The van der Waals surface area contributed by atoms with Crippen LogP contribution in [-0.2, 0) is 9.53 Å². The highest BCUT2D eigenvalue weighted by Crippen LogP contribution is 2.89. The van der Waals surface area contributed by atoms with Crippen LogP contribution in [0.4, 0.5) is 0 Å². The van der Waals surface area contributed by atoms with E-state index in [1.807, 2.05) is 13.8 Å². The van der Waals surface area contributed by atoms with Crippen molar-refractivity contribution in [1.82, 2.24) is 0 Å². The molecule has 0 aromatic carbocycles. The molecule has 34 heavy (non-hydrogen) atoms. The number of hydrogen-bond donors (Lipinski definition) is 2. The average molecular weight is 473 g/mol. The Bertz CT molecular complexity index is 919. The Morgan fingerprint density at radius 2 is 1.53 bits per heavy atom. The molecular weight excluding hydrogens is 424 g/mol. The predicted octanol–water partition coefficient (Wildman–Crippen LogP) is 5.67. The van der Waals surface area contributed by atoms with E-state index in [4.69, 9.17) is 4.74 Å². The zero-order chi connectivity index (χ0) is 24.7. The van der Waals surface area contributed by atoms with Crippen molar-refractivity contribution < 1.29 is 19.7 Å². The molecule has 1 saturated heterocycles. The largest absolute Gasteiger partial charge is 0.393 e. The maximum Gasteiger partial charge on any atom is 0.138 e. The summed E-state index contributed by atoms with van der Waals surface area (Å²) < 4.78 is 6.67. The van der Waals surface area contributed by atoms with Crippen LogP contribution in [0.5, 0.6) is 0 Å². The van der Waals surface area contributed by atoms with E-state index in [1.54, 1.807) is 0 Å². The van der Waals surface area contributed by atoms with Crippen molar-refractivity contribution >= 4 is 5.78 Å². The normalized spacial score (nSPS) is 58.0. The summed E-state index contributed by atoms with van der Waals surface area (Å²) in [4.78, 5) is 12.9. The number of carbonyl (C=O) groups excluding carboxylic acids is 1. The standard InChI is InChI=1S/C30H48O4/c1-24(2)19-8-9-20-27(6)16-18(31)23(28(7)12-11-22(34-28)25(3,4)33)26(27,5)14-15-30(20)17-29(19,30)13-10-21(24)32/h18-20,22-23,31,33H,8-17H2,1-7H3. The van der Waals surface area contributed by atoms with Crippen molar-refractivity contribution in [3.63, 3.8) is 0 Å². The summed E-state index contributed by atoms with van der Waals surface area (Å²) in [7, 11) is 0. The van der Waals surface area contributed by atoms with Crippen LogP contribution in [0.1, 0.15) is 113 Å². The fourth-order valence-corrected chi connectivity index (χ4v) is 11.9. The molecule has 2 spiro atoms. The zero-order valence-corrected chi connectivity index (χ0v) is 22.7. The average Bonchev–Trinajstić information content (AvgIpc) is 3.11. The van der Waals surface area contributed by atoms with E-state index in [1.165, 1.54) is 25.7 Å². The minimum atomic E-state index is -0.855. The molecular formula is C30H48O4. The van der Waals surface area contributed by atoms with Crippen molar-refractivity contribution in [2.45, 2.75) is 136 Å². The summed E-state index contributed by atoms with van der Waals surface area (Å²) in [6, 6.07) is 0. The summed E-state index contributed by atoms with van der Waals surface area (Å²) in [5, 5.41) is 22.4. The molecule has 4 heteroatoms. The monoisotopic (exact) mass is 472 g/mol. The maximum absolute atomic E-state index is 12.9. The lowest BCUT2D eigenvalue weighted by Gasteiger charge is -2.63. The molecule has 1 heterocycles. The van der Waals surface area contributed by atoms with Crippen LogP contribution in [0, 0.1) is 44.8 Å². The topological polar surface area (TPSA) is 66.8 Å². The molecule has 10 unspecified atom stereocenters. The van der Waals surface area contributed by atoms with Gasteiger partial charge in [0.1, 0.15) is 5.78 Å². The number of aliphatic hydroxyl groups excluding tert-OH is 1. The molecule has 6 rings (SSSR count). The van der Waals surface area contributed by atoms with Gasteiger partial charge in [0.25, 0.3) is 0 Å². The molecule has 0 aromatic rings. The van der Waals surface area contributed by atoms with Gasteiger partial charge in [0.2, 0.25) is 0 Å². The fourth-order valence-electron chi connectivity index (χ4n) is 11.9. The number of ether oxygens (including phenoxy) is 1. The first kappa shape index (κ1) is 23.9. The van der Waals surface area contributed by atoms with Gasteiger partial charge in [-0.15, -0.1) is 0 Å². The third-order valence-electron chi connectivity index (χ3n) is 13.6. The lowest BCUT2D eigenvalue weighted by molar-refractivity contribution is -0.192. The molecule has 0 aromatic heterocycles. The molecule has 192 valence electrons. The fraction of sp³-hybridized carbons (Fsp3) is 0.967. The number of hydrogen-bond acceptors (Lipinski definition) is 4. The first-order valence-electron chi connectivity index (χ1n) is 14.2. The van der Waals surface area contributed by atoms with Crippen LogP contribution in [0.2, 0.25) is 0 Å². The highest BCUT2D eigenvalue weighted by atomic mass is 16.5. The van der Waals surface area contributed by atoms with E-state index >= 15 is 0 Å². The Hall–Kier alpha value is -0.450. The summed E-state index contributed by atoms with van der Waals surface area (Å²) in [6.45, 7) is 15.4. The molecule has 2 N–H and O–H groups in total. The zero-order valence-electron chi connectivity index (χ0n) is 22.7. The van der Waals surface area contributed by atoms with E-state index in [-0.39, 0.29) is 34.4 Å². The molecule has 0 amide bonds.